The standard InChI is InChI=1S/C17H19BF3N3S/c1-10-4-3-7-24(10)9-14-15(23-16(22-2)25-14)11-5-6-13(18)12(8-11)17(19,20)21/h5-6,8,10H,3-4,7,9H2,1-2H3,(H,22,23). The van der Waals surface area contributed by atoms with Crippen LogP contribution in [0.1, 0.15) is 30.2 Å². The highest BCUT2D eigenvalue weighted by Crippen LogP contribution is 2.36. The molecular formula is C17H19BF3N3S. The van der Waals surface area contributed by atoms with Crippen molar-refractivity contribution in [3.63, 3.8) is 0 Å². The first-order valence-electron chi connectivity index (χ1n) is 8.18. The number of aromatic nitrogens is 1. The highest BCUT2D eigenvalue weighted by atomic mass is 32.1. The molecule has 2 radical (unpaired) electrons. The van der Waals surface area contributed by atoms with E-state index in [9.17, 15) is 13.2 Å². The van der Waals surface area contributed by atoms with E-state index in [1.165, 1.54) is 17.4 Å². The zero-order chi connectivity index (χ0) is 18.2. The van der Waals surface area contributed by atoms with Crippen molar-refractivity contribution in [2.24, 2.45) is 0 Å². The van der Waals surface area contributed by atoms with Crippen LogP contribution in [0.25, 0.3) is 11.3 Å². The molecule has 0 bridgehead atoms. The molecule has 1 aromatic carbocycles. The predicted octanol–water partition coefficient (Wildman–Crippen LogP) is 3.65. The Balaban J connectivity index is 2.00. The molecule has 1 fully saturated rings. The summed E-state index contributed by atoms with van der Waals surface area (Å²) in [4.78, 5) is 7.81. The van der Waals surface area contributed by atoms with Crippen molar-refractivity contribution in [1.82, 2.24) is 9.88 Å². The fraction of sp³-hybridized carbons (Fsp3) is 0.471. The molecule has 1 N–H and O–H groups in total. The van der Waals surface area contributed by atoms with Crippen LogP contribution in [-0.4, -0.2) is 37.4 Å². The van der Waals surface area contributed by atoms with E-state index in [-0.39, 0.29) is 5.46 Å². The zero-order valence-electron chi connectivity index (χ0n) is 14.2. The summed E-state index contributed by atoms with van der Waals surface area (Å²) < 4.78 is 39.5. The highest BCUT2D eigenvalue weighted by molar-refractivity contribution is 7.16. The van der Waals surface area contributed by atoms with Gasteiger partial charge in [-0.1, -0.05) is 17.6 Å². The third-order valence-electron chi connectivity index (χ3n) is 4.58. The average Bonchev–Trinajstić information content (AvgIpc) is 3.14. The Morgan fingerprint density at radius 1 is 1.40 bits per heavy atom. The normalized spacial score (nSPS) is 18.7. The van der Waals surface area contributed by atoms with Gasteiger partial charge < -0.3 is 5.32 Å². The van der Waals surface area contributed by atoms with Gasteiger partial charge in [-0.2, -0.15) is 13.2 Å². The Bertz CT molecular complexity index is 760. The number of halogens is 3. The van der Waals surface area contributed by atoms with Gasteiger partial charge in [-0.15, -0.1) is 11.3 Å². The summed E-state index contributed by atoms with van der Waals surface area (Å²) >= 11 is 1.48. The molecule has 132 valence electrons. The van der Waals surface area contributed by atoms with Crippen LogP contribution in [0, 0.1) is 0 Å². The van der Waals surface area contributed by atoms with Crippen LogP contribution in [0.5, 0.6) is 0 Å². The molecule has 8 heteroatoms. The lowest BCUT2D eigenvalue weighted by molar-refractivity contribution is -0.136. The topological polar surface area (TPSA) is 28.2 Å². The van der Waals surface area contributed by atoms with Crippen molar-refractivity contribution in [3.05, 3.63) is 28.6 Å². The molecule has 3 nitrogen and oxygen atoms in total. The first kappa shape index (κ1) is 18.3. The monoisotopic (exact) mass is 365 g/mol. The maximum atomic E-state index is 13.2. The second-order valence-corrected chi connectivity index (χ2v) is 7.39. The molecule has 1 aromatic heterocycles. The summed E-state index contributed by atoms with van der Waals surface area (Å²) in [6.07, 6.45) is -2.19. The van der Waals surface area contributed by atoms with E-state index >= 15 is 0 Å². The SMILES string of the molecule is [B]c1ccc(-c2nc(NC)sc2CN2CCCC2C)cc1C(F)(F)F. The van der Waals surface area contributed by atoms with Crippen molar-refractivity contribution in [3.8, 4) is 11.3 Å². The molecule has 1 atom stereocenters. The number of nitrogens with zero attached hydrogens (tertiary/aromatic N) is 2. The van der Waals surface area contributed by atoms with Crippen LogP contribution in [0.3, 0.4) is 0 Å². The van der Waals surface area contributed by atoms with Crippen LogP contribution >= 0.6 is 11.3 Å². The maximum Gasteiger partial charge on any atom is 0.415 e. The Morgan fingerprint density at radius 3 is 2.76 bits per heavy atom. The van der Waals surface area contributed by atoms with Gasteiger partial charge in [-0.25, -0.2) is 4.98 Å². The fourth-order valence-corrected chi connectivity index (χ4v) is 4.12. The minimum atomic E-state index is -4.48. The van der Waals surface area contributed by atoms with E-state index in [1.807, 2.05) is 0 Å². The van der Waals surface area contributed by atoms with E-state index < -0.39 is 11.7 Å². The zero-order valence-corrected chi connectivity index (χ0v) is 15.0. The molecule has 1 unspecified atom stereocenters. The minimum absolute atomic E-state index is 0.268. The van der Waals surface area contributed by atoms with Gasteiger partial charge in [0.25, 0.3) is 0 Å². The highest BCUT2D eigenvalue weighted by Gasteiger charge is 2.32. The van der Waals surface area contributed by atoms with Gasteiger partial charge in [0.05, 0.1) is 5.69 Å². The molecule has 2 heterocycles. The minimum Gasteiger partial charge on any atom is -0.365 e. The molecule has 0 amide bonds. The fourth-order valence-electron chi connectivity index (χ4n) is 3.15. The van der Waals surface area contributed by atoms with E-state index in [4.69, 9.17) is 7.85 Å². The molecule has 25 heavy (non-hydrogen) atoms. The molecule has 2 aromatic rings. The Morgan fingerprint density at radius 2 is 2.16 bits per heavy atom. The predicted molar refractivity (Wildman–Crippen MR) is 96.6 cm³/mol. The van der Waals surface area contributed by atoms with Gasteiger partial charge in [0.1, 0.15) is 7.85 Å². The van der Waals surface area contributed by atoms with Crippen molar-refractivity contribution < 1.29 is 13.2 Å². The van der Waals surface area contributed by atoms with Gasteiger partial charge in [0.2, 0.25) is 0 Å². The van der Waals surface area contributed by atoms with Gasteiger partial charge in [0, 0.05) is 35.6 Å². The van der Waals surface area contributed by atoms with Crippen molar-refractivity contribution in [1.29, 1.82) is 0 Å². The van der Waals surface area contributed by atoms with Gasteiger partial charge >= 0.3 is 6.18 Å². The second-order valence-electron chi connectivity index (χ2n) is 6.30. The van der Waals surface area contributed by atoms with Crippen LogP contribution in [0.2, 0.25) is 0 Å². The number of rotatable bonds is 4. The summed E-state index contributed by atoms with van der Waals surface area (Å²) in [6.45, 7) is 3.88. The average molecular weight is 365 g/mol. The molecule has 0 saturated carbocycles. The number of hydrogen-bond donors (Lipinski definition) is 1. The van der Waals surface area contributed by atoms with E-state index in [0.717, 1.165) is 30.3 Å². The third kappa shape index (κ3) is 3.85. The number of anilines is 1. The van der Waals surface area contributed by atoms with E-state index in [0.29, 0.717) is 29.0 Å². The van der Waals surface area contributed by atoms with E-state index in [1.54, 1.807) is 13.1 Å². The Labute approximate surface area is 150 Å². The second kappa shape index (κ2) is 7.00. The van der Waals surface area contributed by atoms with Crippen LogP contribution in [-0.2, 0) is 12.7 Å². The number of alkyl halides is 3. The lowest BCUT2D eigenvalue weighted by Crippen LogP contribution is -2.26. The lowest BCUT2D eigenvalue weighted by atomic mass is 9.88. The summed E-state index contributed by atoms with van der Waals surface area (Å²) in [5.74, 6) is 0. The molecular weight excluding hydrogens is 346 g/mol. The first-order valence-corrected chi connectivity index (χ1v) is 9.00. The molecule has 0 spiro atoms. The molecule has 1 aliphatic heterocycles. The molecule has 1 saturated heterocycles. The Hall–Kier alpha value is -1.54. The van der Waals surface area contributed by atoms with E-state index in [2.05, 4.69) is 22.1 Å². The summed E-state index contributed by atoms with van der Waals surface area (Å²) in [5.41, 5.74) is -0.0420. The van der Waals surface area contributed by atoms with Gasteiger partial charge in [-0.3, -0.25) is 4.90 Å². The first-order chi connectivity index (χ1) is 11.8. The quantitative estimate of drug-likeness (QED) is 0.839. The number of likely N-dealkylation sites (tertiary alicyclic amines) is 1. The maximum absolute atomic E-state index is 13.2. The smallest absolute Gasteiger partial charge is 0.365 e. The van der Waals surface area contributed by atoms with Crippen LogP contribution in [0.15, 0.2) is 18.2 Å². The lowest BCUT2D eigenvalue weighted by Gasteiger charge is -2.20. The third-order valence-corrected chi connectivity index (χ3v) is 5.64. The van der Waals surface area contributed by atoms with Crippen molar-refractivity contribution in [2.45, 2.75) is 38.5 Å². The number of benzene rings is 1. The van der Waals surface area contributed by atoms with Crippen molar-refractivity contribution >= 4 is 29.8 Å². The number of thiazole rings is 1. The summed E-state index contributed by atoms with van der Waals surface area (Å²) in [6, 6.07) is 4.49. The molecule has 0 aliphatic carbocycles. The Kier molecular flexibility index (Phi) is 5.11. The van der Waals surface area contributed by atoms with Gasteiger partial charge in [0.15, 0.2) is 5.13 Å². The number of hydrogen-bond acceptors (Lipinski definition) is 4. The van der Waals surface area contributed by atoms with Gasteiger partial charge in [-0.05, 0) is 32.4 Å². The largest absolute Gasteiger partial charge is 0.415 e. The summed E-state index contributed by atoms with van der Waals surface area (Å²) in [7, 11) is 7.27. The van der Waals surface area contributed by atoms with Crippen LogP contribution in [0.4, 0.5) is 18.3 Å². The van der Waals surface area contributed by atoms with Crippen LogP contribution < -0.4 is 10.8 Å². The molecule has 1 aliphatic rings. The summed E-state index contributed by atoms with van der Waals surface area (Å²) in [5, 5.41) is 3.69. The molecule has 3 rings (SSSR count). The number of nitrogens with one attached hydrogen (secondary N) is 1. The van der Waals surface area contributed by atoms with Crippen molar-refractivity contribution in [2.75, 3.05) is 18.9 Å².